The van der Waals surface area contributed by atoms with Crippen molar-refractivity contribution >= 4 is 22.8 Å². The largest absolute Gasteiger partial charge is 0.467 e. The predicted octanol–water partition coefficient (Wildman–Crippen LogP) is 2.74. The molecule has 90 valence electrons. The molecule has 0 aromatic heterocycles. The Morgan fingerprint density at radius 3 is 2.82 bits per heavy atom. The van der Waals surface area contributed by atoms with Crippen LogP contribution < -0.4 is 0 Å². The fourth-order valence-electron chi connectivity index (χ4n) is 1.94. The maximum atomic E-state index is 11.7. The third kappa shape index (κ3) is 2.52. The SMILES string of the molecule is COC(=O)C1N=C(C)SC1c1cccc(C)c1. The number of rotatable bonds is 2. The number of carbonyl (C=O) groups excluding carboxylic acids is 1. The van der Waals surface area contributed by atoms with E-state index in [4.69, 9.17) is 4.74 Å². The quantitative estimate of drug-likeness (QED) is 0.756. The molecule has 17 heavy (non-hydrogen) atoms. The average Bonchev–Trinajstić information content (AvgIpc) is 2.70. The van der Waals surface area contributed by atoms with Gasteiger partial charge in [0.15, 0.2) is 6.04 Å². The number of aliphatic imine (C=N–C) groups is 1. The number of nitrogens with zero attached hydrogens (tertiary/aromatic N) is 1. The van der Waals surface area contributed by atoms with Crippen LogP contribution in [0, 0.1) is 6.92 Å². The highest BCUT2D eigenvalue weighted by Crippen LogP contribution is 2.40. The van der Waals surface area contributed by atoms with Crippen LogP contribution in [0.4, 0.5) is 0 Å². The number of methoxy groups -OCH3 is 1. The molecule has 0 spiro atoms. The minimum absolute atomic E-state index is 0.0438. The summed E-state index contributed by atoms with van der Waals surface area (Å²) < 4.78 is 4.81. The van der Waals surface area contributed by atoms with Crippen molar-refractivity contribution in [1.82, 2.24) is 0 Å². The van der Waals surface area contributed by atoms with Gasteiger partial charge in [0.1, 0.15) is 0 Å². The smallest absolute Gasteiger partial charge is 0.332 e. The van der Waals surface area contributed by atoms with Gasteiger partial charge in [-0.25, -0.2) is 4.79 Å². The molecule has 1 heterocycles. The summed E-state index contributed by atoms with van der Waals surface area (Å²) >= 11 is 1.63. The summed E-state index contributed by atoms with van der Waals surface area (Å²) in [6.45, 7) is 3.97. The molecule has 4 heteroatoms. The number of thioether (sulfide) groups is 1. The molecule has 0 saturated heterocycles. The first-order valence-electron chi connectivity index (χ1n) is 5.47. The molecule has 0 fully saturated rings. The number of aryl methyl sites for hydroxylation is 1. The summed E-state index contributed by atoms with van der Waals surface area (Å²) in [6.07, 6.45) is 0. The Bertz CT molecular complexity index is 470. The van der Waals surface area contributed by atoms with Gasteiger partial charge < -0.3 is 4.74 Å². The molecule has 0 saturated carbocycles. The van der Waals surface area contributed by atoms with Crippen LogP contribution in [-0.4, -0.2) is 24.2 Å². The fraction of sp³-hybridized carbons (Fsp3) is 0.385. The van der Waals surface area contributed by atoms with Gasteiger partial charge in [0.25, 0.3) is 0 Å². The monoisotopic (exact) mass is 249 g/mol. The molecule has 3 nitrogen and oxygen atoms in total. The molecule has 1 aliphatic rings. The van der Waals surface area contributed by atoms with E-state index in [2.05, 4.69) is 11.1 Å². The van der Waals surface area contributed by atoms with Crippen LogP contribution in [0.5, 0.6) is 0 Å². The van der Waals surface area contributed by atoms with Crippen LogP contribution in [0.3, 0.4) is 0 Å². The van der Waals surface area contributed by atoms with Crippen molar-refractivity contribution in [3.05, 3.63) is 35.4 Å². The van der Waals surface area contributed by atoms with Gasteiger partial charge in [0.05, 0.1) is 17.4 Å². The van der Waals surface area contributed by atoms with Gasteiger partial charge in [0, 0.05) is 0 Å². The van der Waals surface area contributed by atoms with Gasteiger partial charge in [-0.2, -0.15) is 0 Å². The van der Waals surface area contributed by atoms with Crippen molar-refractivity contribution in [1.29, 1.82) is 0 Å². The van der Waals surface area contributed by atoms with E-state index in [-0.39, 0.29) is 11.2 Å². The van der Waals surface area contributed by atoms with Gasteiger partial charge in [-0.1, -0.05) is 29.8 Å². The first kappa shape index (κ1) is 12.2. The molecule has 0 amide bonds. The summed E-state index contributed by atoms with van der Waals surface area (Å²) in [4.78, 5) is 16.0. The van der Waals surface area contributed by atoms with Crippen LogP contribution in [-0.2, 0) is 9.53 Å². The lowest BCUT2D eigenvalue weighted by atomic mass is 10.0. The van der Waals surface area contributed by atoms with E-state index in [0.29, 0.717) is 0 Å². The summed E-state index contributed by atoms with van der Waals surface area (Å²) in [7, 11) is 1.41. The molecule has 0 aliphatic carbocycles. The van der Waals surface area contributed by atoms with E-state index in [1.54, 1.807) is 11.8 Å². The molecule has 2 atom stereocenters. The van der Waals surface area contributed by atoms with Crippen LogP contribution in [0.15, 0.2) is 29.3 Å². The average molecular weight is 249 g/mol. The molecule has 1 aliphatic heterocycles. The first-order valence-corrected chi connectivity index (χ1v) is 6.35. The van der Waals surface area contributed by atoms with Crippen molar-refractivity contribution < 1.29 is 9.53 Å². The summed E-state index contributed by atoms with van der Waals surface area (Å²) in [5.41, 5.74) is 2.32. The Labute approximate surface area is 105 Å². The van der Waals surface area contributed by atoms with E-state index < -0.39 is 6.04 Å². The standard InChI is InChI=1S/C13H15NO2S/c1-8-5-4-6-10(7-8)12-11(13(15)16-3)14-9(2)17-12/h4-7,11-12H,1-3H3. The highest BCUT2D eigenvalue weighted by atomic mass is 32.2. The number of esters is 1. The van der Waals surface area contributed by atoms with Crippen LogP contribution in [0.25, 0.3) is 0 Å². The highest BCUT2D eigenvalue weighted by molar-refractivity contribution is 8.14. The second kappa shape index (κ2) is 4.92. The lowest BCUT2D eigenvalue weighted by Gasteiger charge is -2.15. The van der Waals surface area contributed by atoms with E-state index in [1.807, 2.05) is 32.0 Å². The molecular weight excluding hydrogens is 234 g/mol. The number of carbonyl (C=O) groups is 1. The topological polar surface area (TPSA) is 38.7 Å². The minimum atomic E-state index is -0.410. The third-order valence-electron chi connectivity index (χ3n) is 2.72. The normalized spacial score (nSPS) is 23.4. The predicted molar refractivity (Wildman–Crippen MR) is 70.4 cm³/mol. The van der Waals surface area contributed by atoms with E-state index in [0.717, 1.165) is 10.6 Å². The summed E-state index contributed by atoms with van der Waals surface area (Å²) in [5, 5.41) is 0.981. The van der Waals surface area contributed by atoms with Crippen molar-refractivity contribution in [3.63, 3.8) is 0 Å². The first-order chi connectivity index (χ1) is 8.11. The lowest BCUT2D eigenvalue weighted by molar-refractivity contribution is -0.142. The molecule has 1 aromatic carbocycles. The number of benzene rings is 1. The fourth-order valence-corrected chi connectivity index (χ4v) is 3.06. The van der Waals surface area contributed by atoms with E-state index in [1.165, 1.54) is 12.7 Å². The Hall–Kier alpha value is -1.29. The van der Waals surface area contributed by atoms with Crippen molar-refractivity contribution in [3.8, 4) is 0 Å². The Kier molecular flexibility index (Phi) is 3.52. The molecule has 2 rings (SSSR count). The number of hydrogen-bond acceptors (Lipinski definition) is 4. The van der Waals surface area contributed by atoms with Crippen molar-refractivity contribution in [2.45, 2.75) is 25.1 Å². The number of hydrogen-bond donors (Lipinski definition) is 0. The van der Waals surface area contributed by atoms with Gasteiger partial charge in [-0.15, -0.1) is 11.8 Å². The Morgan fingerprint density at radius 2 is 2.18 bits per heavy atom. The molecule has 0 N–H and O–H groups in total. The van der Waals surface area contributed by atoms with Gasteiger partial charge in [-0.3, -0.25) is 4.99 Å². The number of ether oxygens (including phenoxy) is 1. The minimum Gasteiger partial charge on any atom is -0.467 e. The van der Waals surface area contributed by atoms with Crippen LogP contribution in [0.2, 0.25) is 0 Å². The zero-order valence-electron chi connectivity index (χ0n) is 10.1. The Balaban J connectivity index is 2.30. The van der Waals surface area contributed by atoms with Crippen molar-refractivity contribution in [2.75, 3.05) is 7.11 Å². The van der Waals surface area contributed by atoms with Gasteiger partial charge in [0.2, 0.25) is 0 Å². The Morgan fingerprint density at radius 1 is 1.41 bits per heavy atom. The molecular formula is C13H15NO2S. The highest BCUT2D eigenvalue weighted by Gasteiger charge is 2.35. The molecule has 1 aromatic rings. The third-order valence-corrected chi connectivity index (χ3v) is 3.95. The van der Waals surface area contributed by atoms with Crippen molar-refractivity contribution in [2.24, 2.45) is 4.99 Å². The zero-order valence-corrected chi connectivity index (χ0v) is 11.0. The molecule has 2 unspecified atom stereocenters. The van der Waals surface area contributed by atoms with Gasteiger partial charge in [-0.05, 0) is 19.4 Å². The van der Waals surface area contributed by atoms with Crippen LogP contribution in [0.1, 0.15) is 23.3 Å². The van der Waals surface area contributed by atoms with Gasteiger partial charge >= 0.3 is 5.97 Å². The maximum absolute atomic E-state index is 11.7. The lowest BCUT2D eigenvalue weighted by Crippen LogP contribution is -2.23. The van der Waals surface area contributed by atoms with Crippen LogP contribution >= 0.6 is 11.8 Å². The second-order valence-electron chi connectivity index (χ2n) is 4.07. The summed E-state index contributed by atoms with van der Waals surface area (Å²) in [5.74, 6) is -0.263. The maximum Gasteiger partial charge on any atom is 0.332 e. The second-order valence-corrected chi connectivity index (χ2v) is 5.40. The summed E-state index contributed by atoms with van der Waals surface area (Å²) in [6, 6.07) is 7.78. The van der Waals surface area contributed by atoms with E-state index >= 15 is 0 Å². The van der Waals surface area contributed by atoms with E-state index in [9.17, 15) is 4.79 Å². The molecule has 0 radical (unpaired) electrons. The zero-order chi connectivity index (χ0) is 12.4. The molecule has 0 bridgehead atoms.